The van der Waals surface area contributed by atoms with E-state index in [1.807, 2.05) is 26.8 Å². The number of nitrogens with zero attached hydrogens (tertiary/aromatic N) is 2. The SMILES string of the molecule is Cc1nc(N)cc(NC(C)c2cc(C)oc2C)n1. The maximum atomic E-state index is 5.70. The molecule has 0 radical (unpaired) electrons. The number of hydrogen-bond donors (Lipinski definition) is 2. The predicted octanol–water partition coefficient (Wildman–Crippen LogP) is 2.75. The third-order valence-electron chi connectivity index (χ3n) is 2.77. The average Bonchev–Trinajstić information content (AvgIpc) is 2.56. The summed E-state index contributed by atoms with van der Waals surface area (Å²) in [6.45, 7) is 7.78. The highest BCUT2D eigenvalue weighted by Crippen LogP contribution is 2.24. The standard InChI is InChI=1S/C13H18N4O/c1-7-5-11(9(3)18-7)8(2)15-13-6-12(14)16-10(4)17-13/h5-6,8H,1-4H3,(H3,14,15,16,17). The molecule has 2 rings (SSSR count). The first-order chi connectivity index (χ1) is 8.45. The normalized spacial score (nSPS) is 12.4. The van der Waals surface area contributed by atoms with Crippen LogP contribution in [0.4, 0.5) is 11.6 Å². The van der Waals surface area contributed by atoms with E-state index in [4.69, 9.17) is 10.2 Å². The Morgan fingerprint density at radius 3 is 2.50 bits per heavy atom. The van der Waals surface area contributed by atoms with E-state index in [1.165, 1.54) is 0 Å². The Kier molecular flexibility index (Phi) is 3.23. The van der Waals surface area contributed by atoms with Crippen molar-refractivity contribution in [1.29, 1.82) is 0 Å². The third kappa shape index (κ3) is 2.61. The molecule has 0 spiro atoms. The minimum absolute atomic E-state index is 0.108. The maximum Gasteiger partial charge on any atom is 0.132 e. The summed E-state index contributed by atoms with van der Waals surface area (Å²) in [4.78, 5) is 8.35. The monoisotopic (exact) mass is 246 g/mol. The first-order valence-corrected chi connectivity index (χ1v) is 5.90. The van der Waals surface area contributed by atoms with Crippen molar-refractivity contribution >= 4 is 11.6 Å². The van der Waals surface area contributed by atoms with Crippen molar-refractivity contribution in [3.8, 4) is 0 Å². The van der Waals surface area contributed by atoms with Gasteiger partial charge in [-0.25, -0.2) is 9.97 Å². The van der Waals surface area contributed by atoms with Crippen LogP contribution in [0.2, 0.25) is 0 Å². The Morgan fingerprint density at radius 1 is 1.22 bits per heavy atom. The summed E-state index contributed by atoms with van der Waals surface area (Å²) < 4.78 is 5.52. The highest BCUT2D eigenvalue weighted by Gasteiger charge is 2.13. The minimum Gasteiger partial charge on any atom is -0.466 e. The van der Waals surface area contributed by atoms with Gasteiger partial charge in [0.2, 0.25) is 0 Å². The van der Waals surface area contributed by atoms with Crippen LogP contribution in [-0.2, 0) is 0 Å². The quantitative estimate of drug-likeness (QED) is 0.870. The van der Waals surface area contributed by atoms with E-state index in [0.717, 1.165) is 22.9 Å². The Balaban J connectivity index is 2.20. The highest BCUT2D eigenvalue weighted by atomic mass is 16.3. The van der Waals surface area contributed by atoms with Crippen LogP contribution in [0.3, 0.4) is 0 Å². The van der Waals surface area contributed by atoms with Crippen molar-refractivity contribution in [3.63, 3.8) is 0 Å². The van der Waals surface area contributed by atoms with Crippen LogP contribution in [0.5, 0.6) is 0 Å². The summed E-state index contributed by atoms with van der Waals surface area (Å²) >= 11 is 0. The van der Waals surface area contributed by atoms with Gasteiger partial charge in [-0.1, -0.05) is 0 Å². The van der Waals surface area contributed by atoms with Crippen molar-refractivity contribution in [3.05, 3.63) is 35.0 Å². The summed E-state index contributed by atoms with van der Waals surface area (Å²) in [5.41, 5.74) is 6.83. The van der Waals surface area contributed by atoms with E-state index >= 15 is 0 Å². The fourth-order valence-corrected chi connectivity index (χ4v) is 2.04. The first kappa shape index (κ1) is 12.4. The number of anilines is 2. The predicted molar refractivity (Wildman–Crippen MR) is 71.4 cm³/mol. The molecule has 5 heteroatoms. The van der Waals surface area contributed by atoms with E-state index in [-0.39, 0.29) is 6.04 Å². The van der Waals surface area contributed by atoms with Crippen LogP contribution in [0.15, 0.2) is 16.5 Å². The topological polar surface area (TPSA) is 77.0 Å². The van der Waals surface area contributed by atoms with Gasteiger partial charge in [0.1, 0.15) is 29.0 Å². The van der Waals surface area contributed by atoms with E-state index < -0.39 is 0 Å². The fraction of sp³-hybridized carbons (Fsp3) is 0.385. The Bertz CT molecular complexity index is 542. The number of nitrogen functional groups attached to an aromatic ring is 1. The van der Waals surface area contributed by atoms with Crippen molar-refractivity contribution in [1.82, 2.24) is 9.97 Å². The zero-order valence-corrected chi connectivity index (χ0v) is 11.1. The van der Waals surface area contributed by atoms with Gasteiger partial charge in [0.15, 0.2) is 0 Å². The lowest BCUT2D eigenvalue weighted by Gasteiger charge is -2.14. The van der Waals surface area contributed by atoms with E-state index in [1.54, 1.807) is 6.07 Å². The molecule has 0 bridgehead atoms. The number of furan rings is 1. The molecule has 2 aromatic rings. The summed E-state index contributed by atoms with van der Waals surface area (Å²) in [7, 11) is 0. The molecule has 0 saturated heterocycles. The zero-order valence-electron chi connectivity index (χ0n) is 11.1. The van der Waals surface area contributed by atoms with Crippen LogP contribution in [-0.4, -0.2) is 9.97 Å². The Labute approximate surface area is 106 Å². The summed E-state index contributed by atoms with van der Waals surface area (Å²) in [6, 6.07) is 3.87. The second-order valence-electron chi connectivity index (χ2n) is 4.46. The van der Waals surface area contributed by atoms with Gasteiger partial charge in [0, 0.05) is 11.6 Å². The van der Waals surface area contributed by atoms with E-state index in [2.05, 4.69) is 22.2 Å². The lowest BCUT2D eigenvalue weighted by Crippen LogP contribution is -2.09. The molecule has 2 aromatic heterocycles. The van der Waals surface area contributed by atoms with Gasteiger partial charge < -0.3 is 15.5 Å². The smallest absolute Gasteiger partial charge is 0.132 e. The number of hydrogen-bond acceptors (Lipinski definition) is 5. The lowest BCUT2D eigenvalue weighted by atomic mass is 10.1. The average molecular weight is 246 g/mol. The van der Waals surface area contributed by atoms with Gasteiger partial charge in [0.25, 0.3) is 0 Å². The molecule has 18 heavy (non-hydrogen) atoms. The molecule has 0 fully saturated rings. The molecule has 2 heterocycles. The van der Waals surface area contributed by atoms with Gasteiger partial charge in [-0.3, -0.25) is 0 Å². The largest absolute Gasteiger partial charge is 0.466 e. The van der Waals surface area contributed by atoms with Gasteiger partial charge in [0.05, 0.1) is 6.04 Å². The molecule has 0 aliphatic carbocycles. The molecule has 0 saturated carbocycles. The van der Waals surface area contributed by atoms with Gasteiger partial charge in [-0.15, -0.1) is 0 Å². The highest BCUT2D eigenvalue weighted by molar-refractivity contribution is 5.46. The van der Waals surface area contributed by atoms with Crippen LogP contribution in [0.25, 0.3) is 0 Å². The number of aromatic nitrogens is 2. The third-order valence-corrected chi connectivity index (χ3v) is 2.77. The summed E-state index contributed by atoms with van der Waals surface area (Å²) in [5.74, 6) is 3.69. The Hall–Kier alpha value is -2.04. The number of nitrogens with two attached hydrogens (primary N) is 1. The summed E-state index contributed by atoms with van der Waals surface area (Å²) in [5, 5.41) is 3.30. The fourth-order valence-electron chi connectivity index (χ4n) is 2.04. The van der Waals surface area contributed by atoms with Crippen molar-refractivity contribution in [2.75, 3.05) is 11.1 Å². The van der Waals surface area contributed by atoms with Crippen LogP contribution in [0.1, 0.15) is 35.9 Å². The molecule has 0 aromatic carbocycles. The molecule has 5 nitrogen and oxygen atoms in total. The van der Waals surface area contributed by atoms with E-state index in [0.29, 0.717) is 11.6 Å². The van der Waals surface area contributed by atoms with Gasteiger partial charge >= 0.3 is 0 Å². The molecule has 1 atom stereocenters. The van der Waals surface area contributed by atoms with Crippen molar-refractivity contribution < 1.29 is 4.42 Å². The molecule has 0 amide bonds. The molecule has 96 valence electrons. The van der Waals surface area contributed by atoms with Gasteiger partial charge in [-0.2, -0.15) is 0 Å². The number of nitrogens with one attached hydrogen (secondary N) is 1. The molecule has 3 N–H and O–H groups in total. The minimum atomic E-state index is 0.108. The summed E-state index contributed by atoms with van der Waals surface area (Å²) in [6.07, 6.45) is 0. The number of aryl methyl sites for hydroxylation is 3. The lowest BCUT2D eigenvalue weighted by molar-refractivity contribution is 0.500. The molecule has 0 aliphatic heterocycles. The second-order valence-corrected chi connectivity index (χ2v) is 4.46. The maximum absolute atomic E-state index is 5.70. The van der Waals surface area contributed by atoms with E-state index in [9.17, 15) is 0 Å². The molecular formula is C13H18N4O. The van der Waals surface area contributed by atoms with Crippen molar-refractivity contribution in [2.45, 2.75) is 33.7 Å². The van der Waals surface area contributed by atoms with Gasteiger partial charge in [-0.05, 0) is 33.8 Å². The zero-order chi connectivity index (χ0) is 13.3. The molecular weight excluding hydrogens is 228 g/mol. The first-order valence-electron chi connectivity index (χ1n) is 5.90. The second kappa shape index (κ2) is 4.68. The molecule has 1 unspecified atom stereocenters. The van der Waals surface area contributed by atoms with Crippen LogP contribution in [0, 0.1) is 20.8 Å². The van der Waals surface area contributed by atoms with Crippen molar-refractivity contribution in [2.24, 2.45) is 0 Å². The van der Waals surface area contributed by atoms with Crippen LogP contribution >= 0.6 is 0 Å². The number of rotatable bonds is 3. The molecule has 0 aliphatic rings. The Morgan fingerprint density at radius 2 is 1.94 bits per heavy atom. The van der Waals surface area contributed by atoms with Crippen LogP contribution < -0.4 is 11.1 Å².